The van der Waals surface area contributed by atoms with Crippen LogP contribution in [0.1, 0.15) is 5.56 Å². The van der Waals surface area contributed by atoms with Crippen molar-refractivity contribution in [3.05, 3.63) is 77.4 Å². The molecule has 2 aromatic carbocycles. The summed E-state index contributed by atoms with van der Waals surface area (Å²) in [6, 6.07) is 15.6. The second kappa shape index (κ2) is 7.38. The predicted molar refractivity (Wildman–Crippen MR) is 109 cm³/mol. The van der Waals surface area contributed by atoms with Crippen LogP contribution in [0.2, 0.25) is 5.02 Å². The fraction of sp³-hybridized carbons (Fsp3) is 0.100. The molecule has 4 rings (SSSR count). The number of pyridine rings is 1. The maximum Gasteiger partial charge on any atom is 0.344 e. The Labute approximate surface area is 173 Å². The molecule has 9 heteroatoms. The van der Waals surface area contributed by atoms with Crippen LogP contribution < -0.4 is 9.64 Å². The van der Waals surface area contributed by atoms with Gasteiger partial charge in [0.15, 0.2) is 5.82 Å². The van der Waals surface area contributed by atoms with Gasteiger partial charge in [-0.3, -0.25) is 0 Å². The number of benzene rings is 2. The van der Waals surface area contributed by atoms with E-state index in [1.165, 1.54) is 23.2 Å². The van der Waals surface area contributed by atoms with Gasteiger partial charge in [0.05, 0.1) is 19.3 Å². The molecule has 0 saturated heterocycles. The van der Waals surface area contributed by atoms with Crippen LogP contribution in [0.15, 0.2) is 71.8 Å². The van der Waals surface area contributed by atoms with Gasteiger partial charge in [-0.2, -0.15) is 0 Å². The molecule has 0 saturated carbocycles. The molecule has 0 spiro atoms. The van der Waals surface area contributed by atoms with Crippen molar-refractivity contribution in [1.29, 1.82) is 0 Å². The summed E-state index contributed by atoms with van der Waals surface area (Å²) >= 11 is 5.91. The number of halogens is 1. The topological polar surface area (TPSA) is 79.8 Å². The van der Waals surface area contributed by atoms with Gasteiger partial charge in [0.1, 0.15) is 10.6 Å². The third-order valence-electron chi connectivity index (χ3n) is 4.51. The average molecular weight is 430 g/mol. The summed E-state index contributed by atoms with van der Waals surface area (Å²) in [7, 11) is -2.53. The maximum atomic E-state index is 13.3. The van der Waals surface area contributed by atoms with E-state index in [0.717, 1.165) is 4.31 Å². The molecule has 0 atom stereocenters. The quantitative estimate of drug-likeness (QED) is 0.620. The van der Waals surface area contributed by atoms with Gasteiger partial charge in [0.25, 0.3) is 10.0 Å². The van der Waals surface area contributed by atoms with Gasteiger partial charge in [-0.25, -0.2) is 27.4 Å². The summed E-state index contributed by atoms with van der Waals surface area (Å²) in [6.45, 7) is -0.126. The minimum absolute atomic E-state index is 0.0376. The number of ether oxygens (including phenoxy) is 1. The number of methoxy groups -OCH3 is 1. The first kappa shape index (κ1) is 19.2. The molecule has 1 aliphatic rings. The highest BCUT2D eigenvalue weighted by Crippen LogP contribution is 2.38. The van der Waals surface area contributed by atoms with E-state index in [1.54, 1.807) is 55.6 Å². The lowest BCUT2D eigenvalue weighted by Crippen LogP contribution is -2.48. The van der Waals surface area contributed by atoms with E-state index in [2.05, 4.69) is 4.98 Å². The third-order valence-corrected chi connectivity index (χ3v) is 6.50. The summed E-state index contributed by atoms with van der Waals surface area (Å²) in [4.78, 5) is 18.7. The summed E-state index contributed by atoms with van der Waals surface area (Å²) < 4.78 is 32.3. The van der Waals surface area contributed by atoms with Crippen molar-refractivity contribution >= 4 is 39.2 Å². The predicted octanol–water partition coefficient (Wildman–Crippen LogP) is 4.21. The largest absolute Gasteiger partial charge is 0.497 e. The van der Waals surface area contributed by atoms with E-state index in [4.69, 9.17) is 16.3 Å². The number of aromatic nitrogens is 1. The van der Waals surface area contributed by atoms with Crippen LogP contribution >= 0.6 is 11.6 Å². The fourth-order valence-electron chi connectivity index (χ4n) is 3.05. The van der Waals surface area contributed by atoms with Gasteiger partial charge < -0.3 is 4.74 Å². The first-order valence-electron chi connectivity index (χ1n) is 8.62. The Bertz CT molecular complexity index is 1170. The van der Waals surface area contributed by atoms with Gasteiger partial charge in [-0.05, 0) is 54.1 Å². The smallest absolute Gasteiger partial charge is 0.344 e. The molecule has 0 radical (unpaired) electrons. The molecule has 2 heterocycles. The van der Waals surface area contributed by atoms with Gasteiger partial charge in [0.2, 0.25) is 0 Å². The number of fused-ring (bicyclic) bond motifs is 1. The first-order chi connectivity index (χ1) is 13.9. The number of sulfonamides is 1. The summed E-state index contributed by atoms with van der Waals surface area (Å²) in [5.74, 6) is 0.681. The lowest BCUT2D eigenvalue weighted by molar-refractivity contribution is 0.229. The Balaban J connectivity index is 1.83. The van der Waals surface area contributed by atoms with Crippen molar-refractivity contribution in [3.63, 3.8) is 0 Å². The van der Waals surface area contributed by atoms with Crippen LogP contribution in [0.3, 0.4) is 0 Å². The lowest BCUT2D eigenvalue weighted by atomic mass is 10.2. The number of carbonyl (C=O) groups is 1. The zero-order valence-electron chi connectivity index (χ0n) is 15.3. The standard InChI is InChI=1S/C20H16ClN3O4S/c1-28-17-10-8-16(9-11-17)24-19-18(3-2-12-22-19)29(26,27)23(20(24)25)13-14-4-6-15(21)7-5-14/h2-12H,13H2,1H3. The molecule has 29 heavy (non-hydrogen) atoms. The lowest BCUT2D eigenvalue weighted by Gasteiger charge is -2.35. The average Bonchev–Trinajstić information content (AvgIpc) is 2.73. The Kier molecular flexibility index (Phi) is 4.89. The minimum atomic E-state index is -4.07. The molecule has 0 fully saturated rings. The zero-order valence-corrected chi connectivity index (χ0v) is 16.9. The van der Waals surface area contributed by atoms with Crippen molar-refractivity contribution in [2.75, 3.05) is 12.0 Å². The number of rotatable bonds is 4. The van der Waals surface area contributed by atoms with E-state index >= 15 is 0 Å². The van der Waals surface area contributed by atoms with Crippen molar-refractivity contribution in [1.82, 2.24) is 9.29 Å². The number of anilines is 2. The van der Waals surface area contributed by atoms with E-state index in [1.807, 2.05) is 0 Å². The van der Waals surface area contributed by atoms with Crippen molar-refractivity contribution in [2.45, 2.75) is 11.4 Å². The van der Waals surface area contributed by atoms with Crippen molar-refractivity contribution in [2.24, 2.45) is 0 Å². The number of hydrogen-bond acceptors (Lipinski definition) is 5. The van der Waals surface area contributed by atoms with Crippen molar-refractivity contribution < 1.29 is 17.9 Å². The van der Waals surface area contributed by atoms with E-state index < -0.39 is 16.1 Å². The summed E-state index contributed by atoms with van der Waals surface area (Å²) in [5, 5.41) is 0.524. The van der Waals surface area contributed by atoms with Crippen LogP contribution in [0.4, 0.5) is 16.3 Å². The fourth-order valence-corrected chi connectivity index (χ4v) is 4.64. The highest BCUT2D eigenvalue weighted by Gasteiger charge is 2.43. The normalized spacial score (nSPS) is 15.2. The van der Waals surface area contributed by atoms with E-state index in [0.29, 0.717) is 22.0 Å². The Morgan fingerprint density at radius 1 is 1.03 bits per heavy atom. The Morgan fingerprint density at radius 3 is 2.38 bits per heavy atom. The van der Waals surface area contributed by atoms with Gasteiger partial charge >= 0.3 is 6.03 Å². The molecule has 0 bridgehead atoms. The molecule has 2 amide bonds. The molecular formula is C20H16ClN3O4S. The van der Waals surface area contributed by atoms with Gasteiger partial charge in [-0.15, -0.1) is 0 Å². The number of urea groups is 1. The van der Waals surface area contributed by atoms with Crippen LogP contribution in [0.25, 0.3) is 0 Å². The second-order valence-electron chi connectivity index (χ2n) is 6.28. The minimum Gasteiger partial charge on any atom is -0.497 e. The molecule has 0 unspecified atom stereocenters. The molecule has 0 aliphatic carbocycles. The number of nitrogens with zero attached hydrogens (tertiary/aromatic N) is 3. The Morgan fingerprint density at radius 2 is 1.72 bits per heavy atom. The molecule has 1 aromatic heterocycles. The molecule has 3 aromatic rings. The second-order valence-corrected chi connectivity index (χ2v) is 8.55. The highest BCUT2D eigenvalue weighted by molar-refractivity contribution is 7.90. The summed E-state index contributed by atoms with van der Waals surface area (Å²) in [6.07, 6.45) is 1.45. The number of hydrogen-bond donors (Lipinski definition) is 0. The number of carbonyl (C=O) groups excluding carboxylic acids is 1. The van der Waals surface area contributed by atoms with E-state index in [-0.39, 0.29) is 17.3 Å². The summed E-state index contributed by atoms with van der Waals surface area (Å²) in [5.41, 5.74) is 1.11. The zero-order chi connectivity index (χ0) is 20.6. The maximum absolute atomic E-state index is 13.3. The molecule has 0 N–H and O–H groups in total. The molecule has 7 nitrogen and oxygen atoms in total. The molecule has 148 valence electrons. The van der Waals surface area contributed by atoms with Gasteiger partial charge in [-0.1, -0.05) is 23.7 Å². The van der Waals surface area contributed by atoms with Crippen LogP contribution in [-0.4, -0.2) is 30.8 Å². The first-order valence-corrected chi connectivity index (χ1v) is 10.4. The molecule has 1 aliphatic heterocycles. The third kappa shape index (κ3) is 3.41. The Hall–Kier alpha value is -3.10. The van der Waals surface area contributed by atoms with Crippen LogP contribution in [0.5, 0.6) is 5.75 Å². The highest BCUT2D eigenvalue weighted by atomic mass is 35.5. The molecular weight excluding hydrogens is 414 g/mol. The van der Waals surface area contributed by atoms with Crippen molar-refractivity contribution in [3.8, 4) is 5.75 Å². The van der Waals surface area contributed by atoms with Crippen LogP contribution in [0, 0.1) is 0 Å². The SMILES string of the molecule is COc1ccc(N2C(=O)N(Cc3ccc(Cl)cc3)S(=O)(=O)c3cccnc32)cc1. The number of amides is 2. The van der Waals surface area contributed by atoms with E-state index in [9.17, 15) is 13.2 Å². The monoisotopic (exact) mass is 429 g/mol. The van der Waals surface area contributed by atoms with Gasteiger partial charge in [0, 0.05) is 11.2 Å². The van der Waals surface area contributed by atoms with Crippen LogP contribution in [-0.2, 0) is 16.6 Å².